The summed E-state index contributed by atoms with van der Waals surface area (Å²) in [5.41, 5.74) is 0. The molecule has 0 heteroatoms. The Balaban J connectivity index is -0.000000138. The highest BCUT2D eigenvalue weighted by Gasteiger charge is 1.85. The third kappa shape index (κ3) is 58.1. The lowest BCUT2D eigenvalue weighted by Crippen LogP contribution is -1.81. The predicted octanol–water partition coefficient (Wildman–Crippen LogP) is 5.91. The van der Waals surface area contributed by atoms with Gasteiger partial charge in [0.2, 0.25) is 0 Å². The van der Waals surface area contributed by atoms with Crippen LogP contribution in [0.5, 0.6) is 0 Å². The van der Waals surface area contributed by atoms with Crippen LogP contribution in [-0.2, 0) is 0 Å². The lowest BCUT2D eigenvalue weighted by atomic mass is 10.1. The SMILES string of the molecule is CCC.CCC(C)C.CCCC(C)C. The molecule has 0 spiro atoms. The monoisotopic (exact) mass is 202 g/mol. The van der Waals surface area contributed by atoms with Gasteiger partial charge in [0, 0.05) is 0 Å². The van der Waals surface area contributed by atoms with Gasteiger partial charge in [0.15, 0.2) is 0 Å². The predicted molar refractivity (Wildman–Crippen MR) is 70.8 cm³/mol. The Morgan fingerprint density at radius 2 is 1.00 bits per heavy atom. The third-order valence-electron chi connectivity index (χ3n) is 1.68. The molecule has 0 aromatic carbocycles. The molecule has 0 saturated heterocycles. The minimum Gasteiger partial charge on any atom is -0.0656 e. The molecule has 0 atom stereocenters. The van der Waals surface area contributed by atoms with Crippen molar-refractivity contribution in [2.75, 3.05) is 0 Å². The van der Waals surface area contributed by atoms with Crippen LogP contribution in [0.25, 0.3) is 0 Å². The molecule has 0 amide bonds. The zero-order chi connectivity index (χ0) is 12.0. The Morgan fingerprint density at radius 1 is 0.714 bits per heavy atom. The molecule has 0 saturated carbocycles. The van der Waals surface area contributed by atoms with Crippen LogP contribution < -0.4 is 0 Å². The molecule has 0 radical (unpaired) electrons. The molecule has 0 unspecified atom stereocenters. The molecule has 0 aliphatic carbocycles. The lowest BCUT2D eigenvalue weighted by Gasteiger charge is -1.95. The highest BCUT2D eigenvalue weighted by Crippen LogP contribution is 2.00. The number of rotatable bonds is 3. The second-order valence-electron chi connectivity index (χ2n) is 4.69. The van der Waals surface area contributed by atoms with Gasteiger partial charge in [-0.1, -0.05) is 81.1 Å². The summed E-state index contributed by atoms with van der Waals surface area (Å²) in [4.78, 5) is 0. The molecule has 0 bridgehead atoms. The minimum atomic E-state index is 0.884. The molecule has 0 aromatic rings. The van der Waals surface area contributed by atoms with Gasteiger partial charge in [0.1, 0.15) is 0 Å². The number of hydrogen-bond acceptors (Lipinski definition) is 0. The smallest absolute Gasteiger partial charge is 0.0471 e. The molecule has 0 aliphatic rings. The average Bonchev–Trinajstić information content (AvgIpc) is 2.06. The van der Waals surface area contributed by atoms with Crippen molar-refractivity contribution in [1.82, 2.24) is 0 Å². The van der Waals surface area contributed by atoms with E-state index in [0.29, 0.717) is 0 Å². The van der Waals surface area contributed by atoms with Crippen molar-refractivity contribution in [1.29, 1.82) is 0 Å². The summed E-state index contributed by atoms with van der Waals surface area (Å²) in [6, 6.07) is 0. The second-order valence-corrected chi connectivity index (χ2v) is 4.69. The molecule has 0 aromatic heterocycles. The maximum Gasteiger partial charge on any atom is -0.0471 e. The Morgan fingerprint density at radius 3 is 1.00 bits per heavy atom. The van der Waals surface area contributed by atoms with E-state index in [2.05, 4.69) is 55.4 Å². The first-order valence-electron chi connectivity index (χ1n) is 6.45. The zero-order valence-electron chi connectivity index (χ0n) is 12.0. The summed E-state index contributed by atoms with van der Waals surface area (Å²) in [5, 5.41) is 0. The quantitative estimate of drug-likeness (QED) is 0.533. The van der Waals surface area contributed by atoms with Gasteiger partial charge in [-0.15, -0.1) is 0 Å². The molecule has 0 aliphatic heterocycles. The van der Waals surface area contributed by atoms with Gasteiger partial charge in [0.05, 0.1) is 0 Å². The van der Waals surface area contributed by atoms with E-state index in [4.69, 9.17) is 0 Å². The first-order chi connectivity index (χ1) is 6.45. The van der Waals surface area contributed by atoms with Crippen molar-refractivity contribution < 1.29 is 0 Å². The Hall–Kier alpha value is 0. The van der Waals surface area contributed by atoms with E-state index in [1.807, 2.05) is 0 Å². The van der Waals surface area contributed by atoms with E-state index in [1.54, 1.807) is 0 Å². The Kier molecular flexibility index (Phi) is 26.1. The van der Waals surface area contributed by atoms with Gasteiger partial charge in [-0.3, -0.25) is 0 Å². The fourth-order valence-corrected chi connectivity index (χ4v) is 0.577. The fourth-order valence-electron chi connectivity index (χ4n) is 0.577. The van der Waals surface area contributed by atoms with Crippen LogP contribution in [0.1, 0.15) is 81.1 Å². The average molecular weight is 202 g/mol. The molecule has 14 heavy (non-hydrogen) atoms. The highest BCUT2D eigenvalue weighted by atomic mass is 13.9. The Labute approximate surface area is 93.5 Å². The van der Waals surface area contributed by atoms with Crippen LogP contribution in [0.15, 0.2) is 0 Å². The van der Waals surface area contributed by atoms with E-state index < -0.39 is 0 Å². The normalized spacial score (nSPS) is 9.00. The van der Waals surface area contributed by atoms with Crippen LogP contribution in [0, 0.1) is 11.8 Å². The summed E-state index contributed by atoms with van der Waals surface area (Å²) in [7, 11) is 0. The molecule has 0 rings (SSSR count). The largest absolute Gasteiger partial charge is 0.0656 e. The van der Waals surface area contributed by atoms with E-state index in [9.17, 15) is 0 Å². The van der Waals surface area contributed by atoms with Crippen LogP contribution >= 0.6 is 0 Å². The molecule has 90 valence electrons. The van der Waals surface area contributed by atoms with Crippen molar-refractivity contribution in [3.63, 3.8) is 0 Å². The number of hydrogen-bond donors (Lipinski definition) is 0. The van der Waals surface area contributed by atoms with E-state index in [-0.39, 0.29) is 0 Å². The van der Waals surface area contributed by atoms with E-state index in [0.717, 1.165) is 11.8 Å². The third-order valence-corrected chi connectivity index (χ3v) is 1.68. The van der Waals surface area contributed by atoms with Gasteiger partial charge in [-0.2, -0.15) is 0 Å². The molecular weight excluding hydrogens is 168 g/mol. The van der Waals surface area contributed by atoms with Gasteiger partial charge in [-0.25, -0.2) is 0 Å². The van der Waals surface area contributed by atoms with Gasteiger partial charge in [0.25, 0.3) is 0 Å². The zero-order valence-corrected chi connectivity index (χ0v) is 12.0. The van der Waals surface area contributed by atoms with Crippen molar-refractivity contribution in [3.8, 4) is 0 Å². The summed E-state index contributed by atoms with van der Waals surface area (Å²) in [6.07, 6.45) is 5.26. The second kappa shape index (κ2) is 18.7. The molecule has 0 N–H and O–H groups in total. The summed E-state index contributed by atoms with van der Waals surface area (Å²) >= 11 is 0. The molecular formula is C14H34. The first kappa shape index (κ1) is 19.6. The summed E-state index contributed by atoms with van der Waals surface area (Å²) in [5.74, 6) is 1.78. The van der Waals surface area contributed by atoms with Crippen LogP contribution in [0.4, 0.5) is 0 Å². The van der Waals surface area contributed by atoms with Gasteiger partial charge in [-0.05, 0) is 11.8 Å². The molecule has 0 nitrogen and oxygen atoms in total. The van der Waals surface area contributed by atoms with Crippen LogP contribution in [0.3, 0.4) is 0 Å². The molecule has 0 heterocycles. The molecule has 0 fully saturated rings. The minimum absolute atomic E-state index is 0.884. The van der Waals surface area contributed by atoms with Crippen molar-refractivity contribution in [3.05, 3.63) is 0 Å². The summed E-state index contributed by atoms with van der Waals surface area (Å²) in [6.45, 7) is 17.6. The Bertz CT molecular complexity index is 62.4. The summed E-state index contributed by atoms with van der Waals surface area (Å²) < 4.78 is 0. The maximum atomic E-state index is 2.25. The highest BCUT2D eigenvalue weighted by molar-refractivity contribution is 4.38. The maximum absolute atomic E-state index is 2.25. The van der Waals surface area contributed by atoms with Crippen LogP contribution in [-0.4, -0.2) is 0 Å². The van der Waals surface area contributed by atoms with Crippen LogP contribution in [0.2, 0.25) is 0 Å². The van der Waals surface area contributed by atoms with Gasteiger partial charge < -0.3 is 0 Å². The first-order valence-corrected chi connectivity index (χ1v) is 6.45. The topological polar surface area (TPSA) is 0 Å². The van der Waals surface area contributed by atoms with E-state index >= 15 is 0 Å². The van der Waals surface area contributed by atoms with E-state index in [1.165, 1.54) is 25.7 Å². The van der Waals surface area contributed by atoms with Crippen molar-refractivity contribution in [2.45, 2.75) is 81.1 Å². The van der Waals surface area contributed by atoms with Crippen molar-refractivity contribution in [2.24, 2.45) is 11.8 Å². The van der Waals surface area contributed by atoms with Gasteiger partial charge >= 0.3 is 0 Å². The van der Waals surface area contributed by atoms with Crippen molar-refractivity contribution >= 4 is 0 Å². The standard InChI is InChI=1S/C6H14.C5H12.C3H8/c1-4-5-6(2)3;1-4-5(2)3;1-3-2/h6H,4-5H2,1-3H3;5H,4H2,1-3H3;3H2,1-2H3. The fraction of sp³-hybridized carbons (Fsp3) is 1.00. The lowest BCUT2D eigenvalue weighted by molar-refractivity contribution is 0.576.